The summed E-state index contributed by atoms with van der Waals surface area (Å²) in [6, 6.07) is 19.0. The second kappa shape index (κ2) is 5.60. The van der Waals surface area contributed by atoms with Crippen LogP contribution in [0.25, 0.3) is 0 Å². The maximum Gasteiger partial charge on any atom is 0.254 e. The summed E-state index contributed by atoms with van der Waals surface area (Å²) < 4.78 is 0. The molecule has 0 unspecified atom stereocenters. The Morgan fingerprint density at radius 3 is 2.50 bits per heavy atom. The zero-order valence-electron chi connectivity index (χ0n) is 12.7. The van der Waals surface area contributed by atoms with E-state index >= 15 is 0 Å². The van der Waals surface area contributed by atoms with E-state index in [4.69, 9.17) is 0 Å². The summed E-state index contributed by atoms with van der Waals surface area (Å²) >= 11 is 0. The van der Waals surface area contributed by atoms with Crippen molar-refractivity contribution in [2.75, 3.05) is 0 Å². The first-order chi connectivity index (χ1) is 10.8. The third-order valence-electron chi connectivity index (χ3n) is 5.18. The predicted molar refractivity (Wildman–Crippen MR) is 87.8 cm³/mol. The third-order valence-corrected chi connectivity index (χ3v) is 5.18. The Bertz CT molecular complexity index is 679. The number of hydrogen-bond donors (Lipinski definition) is 0. The molecule has 2 heteroatoms. The van der Waals surface area contributed by atoms with Crippen LogP contribution in [-0.2, 0) is 6.54 Å². The lowest BCUT2D eigenvalue weighted by Crippen LogP contribution is -2.48. The molecule has 112 valence electrons. The minimum atomic E-state index is 0.211. The summed E-state index contributed by atoms with van der Waals surface area (Å²) in [5, 5.41) is 0. The number of rotatable bonds is 2. The molecular formula is C20H21NO. The lowest BCUT2D eigenvalue weighted by molar-refractivity contribution is 0.0534. The standard InChI is InChI=1S/C20H21NO/c22-20-18-12-5-4-10-16(18)17-11-6-7-13-19(17)21(20)14-15-8-2-1-3-9-15/h1-5,8-10,12,17,19H,6-7,11,13-14H2/t17-,19+/m0/s1. The van der Waals surface area contributed by atoms with Crippen LogP contribution in [0.2, 0.25) is 0 Å². The highest BCUT2D eigenvalue weighted by molar-refractivity contribution is 5.97. The summed E-state index contributed by atoms with van der Waals surface area (Å²) in [5.41, 5.74) is 3.42. The van der Waals surface area contributed by atoms with Gasteiger partial charge in [0, 0.05) is 24.1 Å². The van der Waals surface area contributed by atoms with E-state index in [2.05, 4.69) is 41.3 Å². The molecular weight excluding hydrogens is 270 g/mol. The highest BCUT2D eigenvalue weighted by Crippen LogP contribution is 2.42. The van der Waals surface area contributed by atoms with Gasteiger partial charge in [0.25, 0.3) is 5.91 Å². The molecule has 0 spiro atoms. The van der Waals surface area contributed by atoms with Gasteiger partial charge < -0.3 is 4.90 Å². The molecule has 2 aromatic carbocycles. The molecule has 2 aliphatic rings. The van der Waals surface area contributed by atoms with Crippen LogP contribution in [0.5, 0.6) is 0 Å². The Kier molecular flexibility index (Phi) is 3.45. The molecule has 2 atom stereocenters. The molecule has 2 nitrogen and oxygen atoms in total. The highest BCUT2D eigenvalue weighted by Gasteiger charge is 2.40. The normalized spacial score (nSPS) is 23.8. The zero-order chi connectivity index (χ0) is 14.9. The summed E-state index contributed by atoms with van der Waals surface area (Å²) in [5.74, 6) is 0.731. The average Bonchev–Trinajstić information content (AvgIpc) is 2.59. The Balaban J connectivity index is 1.73. The van der Waals surface area contributed by atoms with Gasteiger partial charge >= 0.3 is 0 Å². The van der Waals surface area contributed by atoms with Crippen LogP contribution in [0.15, 0.2) is 54.6 Å². The van der Waals surface area contributed by atoms with Crippen LogP contribution < -0.4 is 0 Å². The van der Waals surface area contributed by atoms with Gasteiger partial charge in [-0.25, -0.2) is 0 Å². The lowest BCUT2D eigenvalue weighted by Gasteiger charge is -2.45. The van der Waals surface area contributed by atoms with Crippen molar-refractivity contribution in [1.29, 1.82) is 0 Å². The summed E-state index contributed by atoms with van der Waals surface area (Å²) in [6.45, 7) is 0.731. The quantitative estimate of drug-likeness (QED) is 0.804. The smallest absolute Gasteiger partial charge is 0.254 e. The number of carbonyl (C=O) groups excluding carboxylic acids is 1. The fraction of sp³-hybridized carbons (Fsp3) is 0.350. The van der Waals surface area contributed by atoms with Crippen LogP contribution in [-0.4, -0.2) is 16.8 Å². The van der Waals surface area contributed by atoms with Crippen LogP contribution in [0.4, 0.5) is 0 Å². The predicted octanol–water partition coefficient (Wildman–Crippen LogP) is 4.37. The van der Waals surface area contributed by atoms with Crippen molar-refractivity contribution in [2.45, 2.75) is 44.2 Å². The van der Waals surface area contributed by atoms with Crippen molar-refractivity contribution < 1.29 is 4.79 Å². The summed E-state index contributed by atoms with van der Waals surface area (Å²) in [7, 11) is 0. The molecule has 1 amide bonds. The van der Waals surface area contributed by atoms with Crippen molar-refractivity contribution >= 4 is 5.91 Å². The van der Waals surface area contributed by atoms with Crippen LogP contribution >= 0.6 is 0 Å². The van der Waals surface area contributed by atoms with Gasteiger partial charge in [-0.2, -0.15) is 0 Å². The lowest BCUT2D eigenvalue weighted by atomic mass is 9.74. The van der Waals surface area contributed by atoms with Crippen molar-refractivity contribution in [3.63, 3.8) is 0 Å². The first-order valence-electron chi connectivity index (χ1n) is 8.28. The van der Waals surface area contributed by atoms with Crippen LogP contribution in [0.1, 0.15) is 53.1 Å². The molecule has 0 bridgehead atoms. The monoisotopic (exact) mass is 291 g/mol. The van der Waals surface area contributed by atoms with Gasteiger partial charge in [-0.3, -0.25) is 4.79 Å². The third kappa shape index (κ3) is 2.23. The Labute approximate surface area is 131 Å². The highest BCUT2D eigenvalue weighted by atomic mass is 16.2. The van der Waals surface area contributed by atoms with Gasteiger partial charge in [-0.15, -0.1) is 0 Å². The van der Waals surface area contributed by atoms with E-state index in [1.165, 1.54) is 30.4 Å². The van der Waals surface area contributed by atoms with Crippen molar-refractivity contribution in [3.8, 4) is 0 Å². The molecule has 1 heterocycles. The molecule has 22 heavy (non-hydrogen) atoms. The van der Waals surface area contributed by atoms with Gasteiger partial charge in [0.2, 0.25) is 0 Å². The SMILES string of the molecule is O=C1c2ccccc2[C@@H]2CCCC[C@H]2N1Cc1ccccc1. The second-order valence-electron chi connectivity index (χ2n) is 6.46. The van der Waals surface area contributed by atoms with Gasteiger partial charge in [-0.1, -0.05) is 61.4 Å². The Morgan fingerprint density at radius 2 is 1.64 bits per heavy atom. The number of carbonyl (C=O) groups is 1. The largest absolute Gasteiger partial charge is 0.331 e. The van der Waals surface area contributed by atoms with E-state index in [1.54, 1.807) is 0 Å². The van der Waals surface area contributed by atoms with Gasteiger partial charge in [0.15, 0.2) is 0 Å². The number of nitrogens with zero attached hydrogens (tertiary/aromatic N) is 1. The number of fused-ring (bicyclic) bond motifs is 3. The molecule has 0 N–H and O–H groups in total. The summed E-state index contributed by atoms with van der Waals surface area (Å²) in [4.78, 5) is 15.1. The van der Waals surface area contributed by atoms with Crippen LogP contribution in [0.3, 0.4) is 0 Å². The molecule has 1 saturated carbocycles. The van der Waals surface area contributed by atoms with Crippen molar-refractivity contribution in [3.05, 3.63) is 71.3 Å². The topological polar surface area (TPSA) is 20.3 Å². The van der Waals surface area contributed by atoms with E-state index in [0.717, 1.165) is 18.5 Å². The van der Waals surface area contributed by atoms with E-state index in [9.17, 15) is 4.79 Å². The average molecular weight is 291 g/mol. The van der Waals surface area contributed by atoms with Gasteiger partial charge in [0.1, 0.15) is 0 Å². The molecule has 1 aliphatic heterocycles. The zero-order valence-corrected chi connectivity index (χ0v) is 12.7. The molecule has 0 saturated heterocycles. The van der Waals surface area contributed by atoms with Crippen molar-refractivity contribution in [2.24, 2.45) is 0 Å². The van der Waals surface area contributed by atoms with Crippen molar-refractivity contribution in [1.82, 2.24) is 4.90 Å². The van der Waals surface area contributed by atoms with E-state index < -0.39 is 0 Å². The minimum absolute atomic E-state index is 0.211. The Hall–Kier alpha value is -2.09. The van der Waals surface area contributed by atoms with E-state index in [0.29, 0.717) is 12.0 Å². The number of amides is 1. The molecule has 2 aromatic rings. The van der Waals surface area contributed by atoms with E-state index in [-0.39, 0.29) is 5.91 Å². The maximum absolute atomic E-state index is 13.0. The Morgan fingerprint density at radius 1 is 0.909 bits per heavy atom. The second-order valence-corrected chi connectivity index (χ2v) is 6.46. The number of hydrogen-bond acceptors (Lipinski definition) is 1. The first-order valence-corrected chi connectivity index (χ1v) is 8.28. The van der Waals surface area contributed by atoms with Gasteiger partial charge in [-0.05, 0) is 30.0 Å². The molecule has 0 radical (unpaired) electrons. The minimum Gasteiger partial charge on any atom is -0.331 e. The van der Waals surface area contributed by atoms with E-state index in [1.807, 2.05) is 18.2 Å². The number of benzene rings is 2. The van der Waals surface area contributed by atoms with Crippen LogP contribution in [0, 0.1) is 0 Å². The molecule has 1 aliphatic carbocycles. The summed E-state index contributed by atoms with van der Waals surface area (Å²) in [6.07, 6.45) is 4.86. The molecule has 0 aromatic heterocycles. The van der Waals surface area contributed by atoms with Gasteiger partial charge in [0.05, 0.1) is 0 Å². The first kappa shape index (κ1) is 13.6. The molecule has 1 fully saturated rings. The fourth-order valence-corrected chi connectivity index (χ4v) is 4.14. The maximum atomic E-state index is 13.0. The fourth-order valence-electron chi connectivity index (χ4n) is 4.14. The molecule has 4 rings (SSSR count).